The lowest BCUT2D eigenvalue weighted by molar-refractivity contribution is -0.0923. The van der Waals surface area contributed by atoms with E-state index in [-0.39, 0.29) is 16.0 Å². The number of carboxylic acid groups (broad SMARTS) is 1. The Balaban J connectivity index is 1.82. The highest BCUT2D eigenvalue weighted by Gasteiger charge is 2.59. The molecule has 2 aliphatic rings. The van der Waals surface area contributed by atoms with Gasteiger partial charge in [-0.25, -0.2) is 4.79 Å². The summed E-state index contributed by atoms with van der Waals surface area (Å²) in [5.41, 5.74) is 0.993. The lowest BCUT2D eigenvalue weighted by Crippen LogP contribution is -2.63. The molecule has 0 radical (unpaired) electrons. The molecule has 0 amide bonds. The molecule has 1 aromatic rings. The third-order valence-corrected chi connectivity index (χ3v) is 4.95. The number of benzene rings is 1. The molecule has 1 aromatic carbocycles. The summed E-state index contributed by atoms with van der Waals surface area (Å²) < 4.78 is 5.76. The Kier molecular flexibility index (Phi) is 3.18. The van der Waals surface area contributed by atoms with Crippen molar-refractivity contribution in [1.82, 2.24) is 0 Å². The standard InChI is InChI=1S/C15H18ClNO3/c1-15(2)12(9-5-6-20-13(9)15)17-8-3-4-11(16)10(7-8)14(18)19/h3-4,7,9,12-13,17H,5-6H2,1-2H3,(H,18,19). The largest absolute Gasteiger partial charge is 0.478 e. The first-order valence-corrected chi connectivity index (χ1v) is 7.20. The number of aromatic carboxylic acids is 1. The van der Waals surface area contributed by atoms with E-state index in [1.807, 2.05) is 6.07 Å². The summed E-state index contributed by atoms with van der Waals surface area (Å²) in [7, 11) is 0. The smallest absolute Gasteiger partial charge is 0.337 e. The van der Waals surface area contributed by atoms with Crippen LogP contribution < -0.4 is 5.32 Å². The molecule has 108 valence electrons. The van der Waals surface area contributed by atoms with E-state index in [0.29, 0.717) is 18.1 Å². The fraction of sp³-hybridized carbons (Fsp3) is 0.533. The van der Waals surface area contributed by atoms with E-state index in [9.17, 15) is 4.79 Å². The van der Waals surface area contributed by atoms with Gasteiger partial charge in [0.05, 0.1) is 16.7 Å². The first-order chi connectivity index (χ1) is 9.41. The summed E-state index contributed by atoms with van der Waals surface area (Å²) in [5, 5.41) is 12.8. The second-order valence-electron chi connectivity index (χ2n) is 6.19. The average molecular weight is 296 g/mol. The first kappa shape index (κ1) is 13.7. The zero-order valence-electron chi connectivity index (χ0n) is 11.5. The Morgan fingerprint density at radius 3 is 2.95 bits per heavy atom. The van der Waals surface area contributed by atoms with Crippen LogP contribution in [-0.2, 0) is 4.74 Å². The first-order valence-electron chi connectivity index (χ1n) is 6.82. The SMILES string of the molecule is CC1(C)C(Nc2ccc(Cl)c(C(=O)O)c2)C2CCOC21. The molecule has 1 saturated heterocycles. The van der Waals surface area contributed by atoms with Gasteiger partial charge in [-0.2, -0.15) is 0 Å². The van der Waals surface area contributed by atoms with Crippen LogP contribution in [0.2, 0.25) is 5.02 Å². The third kappa shape index (κ3) is 1.98. The Hall–Kier alpha value is -1.26. The van der Waals surface area contributed by atoms with Crippen molar-refractivity contribution < 1.29 is 14.6 Å². The molecule has 1 saturated carbocycles. The molecular weight excluding hydrogens is 278 g/mol. The van der Waals surface area contributed by atoms with Crippen molar-refractivity contribution in [3.05, 3.63) is 28.8 Å². The molecule has 3 atom stereocenters. The molecule has 2 fully saturated rings. The van der Waals surface area contributed by atoms with Crippen LogP contribution in [-0.4, -0.2) is 29.8 Å². The number of rotatable bonds is 3. The van der Waals surface area contributed by atoms with E-state index in [2.05, 4.69) is 19.2 Å². The van der Waals surface area contributed by atoms with Gasteiger partial charge in [0.2, 0.25) is 0 Å². The van der Waals surface area contributed by atoms with Gasteiger partial charge in [0.15, 0.2) is 0 Å². The van der Waals surface area contributed by atoms with E-state index in [4.69, 9.17) is 21.4 Å². The summed E-state index contributed by atoms with van der Waals surface area (Å²) in [5.74, 6) is -0.498. The maximum absolute atomic E-state index is 11.1. The van der Waals surface area contributed by atoms with E-state index in [1.54, 1.807) is 12.1 Å². The van der Waals surface area contributed by atoms with Gasteiger partial charge in [0.25, 0.3) is 0 Å². The maximum Gasteiger partial charge on any atom is 0.337 e. The zero-order chi connectivity index (χ0) is 14.5. The van der Waals surface area contributed by atoms with Crippen LogP contribution in [0.1, 0.15) is 30.6 Å². The molecule has 0 spiro atoms. The fourth-order valence-electron chi connectivity index (χ4n) is 3.58. The second-order valence-corrected chi connectivity index (χ2v) is 6.59. The Morgan fingerprint density at radius 2 is 2.25 bits per heavy atom. The van der Waals surface area contributed by atoms with Crippen LogP contribution in [0.5, 0.6) is 0 Å². The van der Waals surface area contributed by atoms with Crippen LogP contribution in [0.15, 0.2) is 18.2 Å². The molecule has 20 heavy (non-hydrogen) atoms. The highest BCUT2D eigenvalue weighted by atomic mass is 35.5. The van der Waals surface area contributed by atoms with Crippen LogP contribution in [0.3, 0.4) is 0 Å². The van der Waals surface area contributed by atoms with E-state index >= 15 is 0 Å². The van der Waals surface area contributed by atoms with Crippen molar-refractivity contribution in [2.24, 2.45) is 11.3 Å². The van der Waals surface area contributed by atoms with Gasteiger partial charge in [-0.05, 0) is 24.6 Å². The minimum absolute atomic E-state index is 0.0597. The minimum atomic E-state index is -1.01. The van der Waals surface area contributed by atoms with Crippen LogP contribution in [0, 0.1) is 11.3 Å². The number of nitrogens with one attached hydrogen (secondary N) is 1. The van der Waals surface area contributed by atoms with Crippen molar-refractivity contribution in [2.45, 2.75) is 32.4 Å². The summed E-state index contributed by atoms with van der Waals surface area (Å²) >= 11 is 5.89. The molecule has 5 heteroatoms. The van der Waals surface area contributed by atoms with Crippen molar-refractivity contribution in [2.75, 3.05) is 11.9 Å². The highest BCUT2D eigenvalue weighted by Crippen LogP contribution is 2.53. The molecule has 1 aliphatic heterocycles. The van der Waals surface area contributed by atoms with Gasteiger partial charge in [-0.3, -0.25) is 0 Å². The molecule has 2 N–H and O–H groups in total. The molecule has 4 nitrogen and oxygen atoms in total. The molecule has 1 heterocycles. The van der Waals surface area contributed by atoms with Crippen molar-refractivity contribution in [1.29, 1.82) is 0 Å². The molecule has 0 aromatic heterocycles. The summed E-state index contributed by atoms with van der Waals surface area (Å²) in [6, 6.07) is 5.36. The van der Waals surface area contributed by atoms with Crippen molar-refractivity contribution in [3.8, 4) is 0 Å². The number of ether oxygens (including phenoxy) is 1. The Labute approximate surface area is 123 Å². The van der Waals surface area contributed by atoms with Gasteiger partial charge >= 0.3 is 5.97 Å². The van der Waals surface area contributed by atoms with Crippen LogP contribution in [0.25, 0.3) is 0 Å². The van der Waals surface area contributed by atoms with Gasteiger partial charge < -0.3 is 15.2 Å². The molecule has 1 aliphatic carbocycles. The van der Waals surface area contributed by atoms with Crippen molar-refractivity contribution >= 4 is 23.3 Å². The fourth-order valence-corrected chi connectivity index (χ4v) is 3.77. The van der Waals surface area contributed by atoms with Gasteiger partial charge in [-0.15, -0.1) is 0 Å². The topological polar surface area (TPSA) is 58.6 Å². The third-order valence-electron chi connectivity index (χ3n) is 4.62. The maximum atomic E-state index is 11.1. The van der Waals surface area contributed by atoms with Crippen LogP contribution >= 0.6 is 11.6 Å². The normalized spacial score (nSPS) is 30.4. The summed E-state index contributed by atoms with van der Waals surface area (Å²) in [4.78, 5) is 11.1. The number of anilines is 1. The molecular formula is C15H18ClNO3. The predicted octanol–water partition coefficient (Wildman–Crippen LogP) is 3.26. The number of carbonyl (C=O) groups is 1. The summed E-state index contributed by atoms with van der Waals surface area (Å²) in [6.07, 6.45) is 1.37. The van der Waals surface area contributed by atoms with E-state index in [0.717, 1.165) is 18.7 Å². The Bertz CT molecular complexity index is 558. The number of hydrogen-bond donors (Lipinski definition) is 2. The number of carboxylic acids is 1. The van der Waals surface area contributed by atoms with Crippen molar-refractivity contribution in [3.63, 3.8) is 0 Å². The second kappa shape index (κ2) is 4.64. The lowest BCUT2D eigenvalue weighted by atomic mass is 9.57. The summed E-state index contributed by atoms with van der Waals surface area (Å²) in [6.45, 7) is 5.19. The predicted molar refractivity (Wildman–Crippen MR) is 77.5 cm³/mol. The zero-order valence-corrected chi connectivity index (χ0v) is 12.3. The minimum Gasteiger partial charge on any atom is -0.478 e. The van der Waals surface area contributed by atoms with E-state index < -0.39 is 5.97 Å². The van der Waals surface area contributed by atoms with Crippen LogP contribution in [0.4, 0.5) is 5.69 Å². The number of fused-ring (bicyclic) bond motifs is 1. The number of hydrogen-bond acceptors (Lipinski definition) is 3. The molecule has 3 unspecified atom stereocenters. The van der Waals surface area contributed by atoms with E-state index in [1.165, 1.54) is 0 Å². The molecule has 3 rings (SSSR count). The average Bonchev–Trinajstić information content (AvgIpc) is 2.84. The quantitative estimate of drug-likeness (QED) is 0.898. The highest BCUT2D eigenvalue weighted by molar-refractivity contribution is 6.33. The Morgan fingerprint density at radius 1 is 1.50 bits per heavy atom. The molecule has 0 bridgehead atoms. The van der Waals surface area contributed by atoms with Gasteiger partial charge in [-0.1, -0.05) is 25.4 Å². The van der Waals surface area contributed by atoms with Gasteiger partial charge in [0.1, 0.15) is 0 Å². The van der Waals surface area contributed by atoms with Gasteiger partial charge in [0, 0.05) is 29.7 Å². The lowest BCUT2D eigenvalue weighted by Gasteiger charge is -2.55. The number of halogens is 1. The monoisotopic (exact) mass is 295 g/mol.